The highest BCUT2D eigenvalue weighted by molar-refractivity contribution is 4.99. The van der Waals surface area contributed by atoms with Gasteiger partial charge in [0.1, 0.15) is 0 Å². The molecule has 13 heavy (non-hydrogen) atoms. The highest BCUT2D eigenvalue weighted by atomic mass is 16.5. The van der Waals surface area contributed by atoms with E-state index < -0.39 is 5.41 Å². The van der Waals surface area contributed by atoms with Gasteiger partial charge in [0.05, 0.1) is 11.5 Å². The van der Waals surface area contributed by atoms with Crippen molar-refractivity contribution in [3.8, 4) is 6.07 Å². The van der Waals surface area contributed by atoms with Crippen molar-refractivity contribution in [2.24, 2.45) is 11.1 Å². The molecule has 0 aromatic carbocycles. The first-order chi connectivity index (χ1) is 6.24. The fraction of sp³-hybridized carbons (Fsp3) is 0.889. The van der Waals surface area contributed by atoms with Gasteiger partial charge in [0.25, 0.3) is 0 Å². The van der Waals surface area contributed by atoms with Crippen molar-refractivity contribution in [1.82, 2.24) is 0 Å². The monoisotopic (exact) mass is 186 g/mol. The summed E-state index contributed by atoms with van der Waals surface area (Å²) in [4.78, 5) is 0. The number of ether oxygens (including phenoxy) is 2. The molecule has 0 aromatic heterocycles. The van der Waals surface area contributed by atoms with Gasteiger partial charge in [-0.05, 0) is 12.8 Å². The van der Waals surface area contributed by atoms with E-state index in [-0.39, 0.29) is 0 Å². The first-order valence-electron chi connectivity index (χ1n) is 4.34. The molecule has 0 radical (unpaired) electrons. The summed E-state index contributed by atoms with van der Waals surface area (Å²) in [5.41, 5.74) is 5.09. The minimum Gasteiger partial charge on any atom is -0.385 e. The zero-order valence-corrected chi connectivity index (χ0v) is 8.38. The molecule has 0 saturated carbocycles. The molecule has 0 spiro atoms. The maximum atomic E-state index is 8.99. The smallest absolute Gasteiger partial charge is 0.0739 e. The van der Waals surface area contributed by atoms with Crippen LogP contribution >= 0.6 is 0 Å². The lowest BCUT2D eigenvalue weighted by atomic mass is 9.83. The number of nitrogens with two attached hydrogens (primary N) is 1. The Hall–Kier alpha value is -0.630. The molecule has 0 atom stereocenters. The molecule has 0 aliphatic heterocycles. The van der Waals surface area contributed by atoms with E-state index in [9.17, 15) is 0 Å². The maximum Gasteiger partial charge on any atom is 0.0739 e. The molecule has 0 rings (SSSR count). The first kappa shape index (κ1) is 12.4. The molecule has 0 aliphatic rings. The molecular formula is C9H18N2O2. The summed E-state index contributed by atoms with van der Waals surface area (Å²) in [5.74, 6) is 0. The number of nitrogens with zero attached hydrogens (tertiary/aromatic N) is 1. The van der Waals surface area contributed by atoms with Crippen molar-refractivity contribution in [3.05, 3.63) is 0 Å². The Balaban J connectivity index is 4.07. The Morgan fingerprint density at radius 1 is 1.23 bits per heavy atom. The van der Waals surface area contributed by atoms with Crippen molar-refractivity contribution in [2.75, 3.05) is 34.0 Å². The summed E-state index contributed by atoms with van der Waals surface area (Å²) < 4.78 is 9.87. The minimum atomic E-state index is -0.480. The SMILES string of the molecule is COCCC(C#N)(CN)CCOC. The highest BCUT2D eigenvalue weighted by Crippen LogP contribution is 2.24. The van der Waals surface area contributed by atoms with Gasteiger partial charge in [0.2, 0.25) is 0 Å². The van der Waals surface area contributed by atoms with Crippen LogP contribution in [0.15, 0.2) is 0 Å². The van der Waals surface area contributed by atoms with Gasteiger partial charge >= 0.3 is 0 Å². The Morgan fingerprint density at radius 2 is 1.69 bits per heavy atom. The van der Waals surface area contributed by atoms with Gasteiger partial charge in [-0.25, -0.2) is 0 Å². The first-order valence-corrected chi connectivity index (χ1v) is 4.34. The molecule has 0 saturated heterocycles. The zero-order chi connectivity index (χ0) is 10.2. The van der Waals surface area contributed by atoms with Crippen LogP contribution in [-0.2, 0) is 9.47 Å². The topological polar surface area (TPSA) is 68.3 Å². The van der Waals surface area contributed by atoms with Gasteiger partial charge < -0.3 is 15.2 Å². The van der Waals surface area contributed by atoms with Crippen molar-refractivity contribution in [1.29, 1.82) is 5.26 Å². The van der Waals surface area contributed by atoms with E-state index in [0.717, 1.165) is 0 Å². The van der Waals surface area contributed by atoms with Gasteiger partial charge in [-0.3, -0.25) is 0 Å². The zero-order valence-electron chi connectivity index (χ0n) is 8.38. The Kier molecular flexibility index (Phi) is 6.51. The summed E-state index contributed by atoms with van der Waals surface area (Å²) in [6.07, 6.45) is 1.33. The van der Waals surface area contributed by atoms with E-state index in [2.05, 4.69) is 6.07 Å². The summed E-state index contributed by atoms with van der Waals surface area (Å²) in [6.45, 7) is 1.49. The fourth-order valence-electron chi connectivity index (χ4n) is 1.08. The van der Waals surface area contributed by atoms with Crippen LogP contribution in [0.1, 0.15) is 12.8 Å². The predicted molar refractivity (Wildman–Crippen MR) is 50.1 cm³/mol. The molecule has 0 aromatic rings. The fourth-order valence-corrected chi connectivity index (χ4v) is 1.08. The third-order valence-electron chi connectivity index (χ3n) is 2.20. The Bertz CT molecular complexity index is 157. The minimum absolute atomic E-state index is 0.357. The Labute approximate surface area is 79.6 Å². The average molecular weight is 186 g/mol. The predicted octanol–water partition coefficient (Wildman–Crippen LogP) is 0.528. The van der Waals surface area contributed by atoms with Gasteiger partial charge in [-0.15, -0.1) is 0 Å². The third kappa shape index (κ3) is 4.23. The molecule has 0 aliphatic carbocycles. The van der Waals surface area contributed by atoms with E-state index in [1.54, 1.807) is 14.2 Å². The molecule has 0 amide bonds. The lowest BCUT2D eigenvalue weighted by molar-refractivity contribution is 0.125. The van der Waals surface area contributed by atoms with Gasteiger partial charge in [-0.2, -0.15) is 5.26 Å². The molecule has 0 unspecified atom stereocenters. The second kappa shape index (κ2) is 6.84. The second-order valence-electron chi connectivity index (χ2n) is 3.08. The van der Waals surface area contributed by atoms with Crippen LogP contribution in [-0.4, -0.2) is 34.0 Å². The third-order valence-corrected chi connectivity index (χ3v) is 2.20. The summed E-state index contributed by atoms with van der Waals surface area (Å²) in [6, 6.07) is 2.25. The van der Waals surface area contributed by atoms with Gasteiger partial charge in [0, 0.05) is 34.0 Å². The molecule has 0 bridgehead atoms. The van der Waals surface area contributed by atoms with Crippen molar-refractivity contribution in [3.63, 3.8) is 0 Å². The average Bonchev–Trinajstić information content (AvgIpc) is 2.20. The standard InChI is InChI=1S/C9H18N2O2/c1-12-5-3-9(7-10,8-11)4-6-13-2/h3-7,10H2,1-2H3. The van der Waals surface area contributed by atoms with Crippen LogP contribution in [0.2, 0.25) is 0 Å². The number of nitriles is 1. The van der Waals surface area contributed by atoms with E-state index in [1.807, 2.05) is 0 Å². The quantitative estimate of drug-likeness (QED) is 0.629. The normalized spacial score (nSPS) is 11.2. The van der Waals surface area contributed by atoms with Crippen LogP contribution in [0, 0.1) is 16.7 Å². The van der Waals surface area contributed by atoms with E-state index >= 15 is 0 Å². The van der Waals surface area contributed by atoms with Crippen LogP contribution in [0.5, 0.6) is 0 Å². The Morgan fingerprint density at radius 3 is 1.92 bits per heavy atom. The summed E-state index contributed by atoms with van der Waals surface area (Å²) >= 11 is 0. The molecule has 2 N–H and O–H groups in total. The summed E-state index contributed by atoms with van der Waals surface area (Å²) in [7, 11) is 3.24. The molecule has 76 valence electrons. The summed E-state index contributed by atoms with van der Waals surface area (Å²) in [5, 5.41) is 8.99. The highest BCUT2D eigenvalue weighted by Gasteiger charge is 2.27. The van der Waals surface area contributed by atoms with Crippen LogP contribution in [0.3, 0.4) is 0 Å². The van der Waals surface area contributed by atoms with Crippen LogP contribution in [0.25, 0.3) is 0 Å². The molecule has 4 nitrogen and oxygen atoms in total. The van der Waals surface area contributed by atoms with Crippen LogP contribution < -0.4 is 5.73 Å². The lowest BCUT2D eigenvalue weighted by Gasteiger charge is -2.23. The molecular weight excluding hydrogens is 168 g/mol. The molecule has 4 heteroatoms. The molecule has 0 heterocycles. The second-order valence-corrected chi connectivity index (χ2v) is 3.08. The van der Waals surface area contributed by atoms with E-state index in [0.29, 0.717) is 32.6 Å². The number of rotatable bonds is 7. The number of hydrogen-bond donors (Lipinski definition) is 1. The largest absolute Gasteiger partial charge is 0.385 e. The van der Waals surface area contributed by atoms with Crippen molar-refractivity contribution < 1.29 is 9.47 Å². The lowest BCUT2D eigenvalue weighted by Crippen LogP contribution is -2.31. The van der Waals surface area contributed by atoms with Crippen LogP contribution in [0.4, 0.5) is 0 Å². The van der Waals surface area contributed by atoms with Gasteiger partial charge in [-0.1, -0.05) is 0 Å². The van der Waals surface area contributed by atoms with E-state index in [4.69, 9.17) is 20.5 Å². The maximum absolute atomic E-state index is 8.99. The van der Waals surface area contributed by atoms with E-state index in [1.165, 1.54) is 0 Å². The van der Waals surface area contributed by atoms with Crippen molar-refractivity contribution in [2.45, 2.75) is 12.8 Å². The molecule has 0 fully saturated rings. The number of methoxy groups -OCH3 is 2. The number of hydrogen-bond acceptors (Lipinski definition) is 4. The van der Waals surface area contributed by atoms with Crippen molar-refractivity contribution >= 4 is 0 Å². The van der Waals surface area contributed by atoms with Gasteiger partial charge in [0.15, 0.2) is 0 Å².